The van der Waals surface area contributed by atoms with Crippen LogP contribution in [0.15, 0.2) is 63.5 Å². The number of fused-ring (bicyclic) bond motifs is 1. The number of thiazole rings is 1. The third-order valence-corrected chi connectivity index (χ3v) is 6.78. The van der Waals surface area contributed by atoms with Gasteiger partial charge in [0.2, 0.25) is 0 Å². The molecule has 0 aliphatic carbocycles. The minimum absolute atomic E-state index is 0.178. The zero-order valence-corrected chi connectivity index (χ0v) is 21.6. The highest BCUT2D eigenvalue weighted by Gasteiger charge is 2.34. The molecule has 1 aliphatic heterocycles. The first-order chi connectivity index (χ1) is 17.2. The number of nitrogens with zero attached hydrogens (tertiary/aromatic N) is 2. The average Bonchev–Trinajstić information content (AvgIpc) is 3.13. The van der Waals surface area contributed by atoms with Gasteiger partial charge in [-0.2, -0.15) is 0 Å². The van der Waals surface area contributed by atoms with E-state index in [9.17, 15) is 14.4 Å². The van der Waals surface area contributed by atoms with Crippen molar-refractivity contribution in [2.24, 2.45) is 4.99 Å². The molecule has 1 aromatic heterocycles. The van der Waals surface area contributed by atoms with Gasteiger partial charge in [0.05, 0.1) is 29.5 Å². The maximum atomic E-state index is 13.7. The van der Waals surface area contributed by atoms with Crippen molar-refractivity contribution in [1.29, 1.82) is 0 Å². The van der Waals surface area contributed by atoms with Gasteiger partial charge >= 0.3 is 11.9 Å². The first-order valence-electron chi connectivity index (χ1n) is 11.1. The second kappa shape index (κ2) is 10.5. The second-order valence-corrected chi connectivity index (χ2v) is 9.24. The average molecular weight is 527 g/mol. The molecule has 0 saturated heterocycles. The van der Waals surface area contributed by atoms with Crippen LogP contribution in [0.5, 0.6) is 11.5 Å². The van der Waals surface area contributed by atoms with Crippen molar-refractivity contribution in [3.8, 4) is 11.5 Å². The highest BCUT2D eigenvalue weighted by atomic mass is 35.5. The zero-order valence-electron chi connectivity index (χ0n) is 20.0. The molecular weight excluding hydrogens is 504 g/mol. The Morgan fingerprint density at radius 3 is 2.61 bits per heavy atom. The van der Waals surface area contributed by atoms with Crippen LogP contribution in [-0.2, 0) is 14.3 Å². The lowest BCUT2D eigenvalue weighted by Crippen LogP contribution is -2.40. The van der Waals surface area contributed by atoms with E-state index in [0.29, 0.717) is 36.9 Å². The molecule has 1 atom stereocenters. The summed E-state index contributed by atoms with van der Waals surface area (Å²) >= 11 is 7.70. The molecule has 0 fully saturated rings. The normalized spacial score (nSPS) is 15.2. The molecule has 0 amide bonds. The Bertz CT molecular complexity index is 1570. The molecule has 0 spiro atoms. The van der Waals surface area contributed by atoms with Gasteiger partial charge in [-0.15, -0.1) is 0 Å². The monoisotopic (exact) mass is 526 g/mol. The molecule has 0 N–H and O–H groups in total. The van der Waals surface area contributed by atoms with E-state index in [2.05, 4.69) is 4.99 Å². The van der Waals surface area contributed by atoms with Gasteiger partial charge < -0.3 is 14.2 Å². The van der Waals surface area contributed by atoms with Gasteiger partial charge in [-0.1, -0.05) is 47.2 Å². The Morgan fingerprint density at radius 1 is 1.19 bits per heavy atom. The molecule has 0 unspecified atom stereocenters. The van der Waals surface area contributed by atoms with Crippen LogP contribution in [0.3, 0.4) is 0 Å². The number of aromatic nitrogens is 1. The fourth-order valence-electron chi connectivity index (χ4n) is 3.95. The SMILES string of the molecule is CCOC(=O)C1=C(C)N=c2s/c(=C/c3ccc(OC)c(OC(C)=O)c3)c(=O)n2[C@@H]1c1ccccc1Cl. The molecule has 0 bridgehead atoms. The lowest BCUT2D eigenvalue weighted by atomic mass is 9.96. The molecule has 186 valence electrons. The molecule has 1 aliphatic rings. The van der Waals surface area contributed by atoms with Crippen molar-refractivity contribution >= 4 is 41.0 Å². The van der Waals surface area contributed by atoms with Crippen molar-refractivity contribution in [3.05, 3.63) is 89.6 Å². The maximum absolute atomic E-state index is 13.7. The Hall–Kier alpha value is -3.69. The number of halogens is 1. The predicted molar refractivity (Wildman–Crippen MR) is 136 cm³/mol. The van der Waals surface area contributed by atoms with Gasteiger partial charge in [0.25, 0.3) is 5.56 Å². The highest BCUT2D eigenvalue weighted by molar-refractivity contribution is 7.07. The van der Waals surface area contributed by atoms with Crippen LogP contribution in [0.2, 0.25) is 5.02 Å². The number of methoxy groups -OCH3 is 1. The summed E-state index contributed by atoms with van der Waals surface area (Å²) in [5.41, 5.74) is 1.57. The molecule has 0 radical (unpaired) electrons. The van der Waals surface area contributed by atoms with Crippen LogP contribution < -0.4 is 24.4 Å². The van der Waals surface area contributed by atoms with Crippen LogP contribution in [0.4, 0.5) is 0 Å². The quantitative estimate of drug-likeness (QED) is 0.361. The van der Waals surface area contributed by atoms with E-state index in [1.807, 2.05) is 0 Å². The highest BCUT2D eigenvalue weighted by Crippen LogP contribution is 2.34. The van der Waals surface area contributed by atoms with Crippen molar-refractivity contribution in [2.75, 3.05) is 13.7 Å². The lowest BCUT2D eigenvalue weighted by Gasteiger charge is -2.25. The number of hydrogen-bond acceptors (Lipinski definition) is 8. The van der Waals surface area contributed by atoms with E-state index in [1.165, 1.54) is 29.9 Å². The standard InChI is InChI=1S/C26H23ClN2O6S/c1-5-34-25(32)22-14(2)28-26-29(23(22)17-8-6-7-9-18(17)27)24(31)21(36-26)13-16-10-11-19(33-4)20(12-16)35-15(3)30/h6-13,23H,5H2,1-4H3/b21-13+/t23-/m1/s1. The third-order valence-electron chi connectivity index (χ3n) is 5.46. The number of benzene rings is 2. The van der Waals surface area contributed by atoms with Crippen LogP contribution in [0.25, 0.3) is 6.08 Å². The minimum Gasteiger partial charge on any atom is -0.493 e. The van der Waals surface area contributed by atoms with E-state index in [0.717, 1.165) is 0 Å². The Kier molecular flexibility index (Phi) is 7.42. The number of hydrogen-bond donors (Lipinski definition) is 0. The third kappa shape index (κ3) is 4.84. The summed E-state index contributed by atoms with van der Waals surface area (Å²) in [5, 5.41) is 0.412. The van der Waals surface area contributed by atoms with Gasteiger partial charge in [0.1, 0.15) is 6.04 Å². The van der Waals surface area contributed by atoms with Gasteiger partial charge in [-0.25, -0.2) is 9.79 Å². The Morgan fingerprint density at radius 2 is 1.94 bits per heavy atom. The van der Waals surface area contributed by atoms with Gasteiger partial charge in [-0.3, -0.25) is 14.2 Å². The summed E-state index contributed by atoms with van der Waals surface area (Å²) in [6.07, 6.45) is 1.67. The summed E-state index contributed by atoms with van der Waals surface area (Å²) in [6.45, 7) is 4.90. The van der Waals surface area contributed by atoms with E-state index >= 15 is 0 Å². The zero-order chi connectivity index (χ0) is 26.0. The molecule has 2 aromatic carbocycles. The summed E-state index contributed by atoms with van der Waals surface area (Å²) < 4.78 is 17.6. The molecule has 8 nitrogen and oxygen atoms in total. The van der Waals surface area contributed by atoms with E-state index in [4.69, 9.17) is 25.8 Å². The predicted octanol–water partition coefficient (Wildman–Crippen LogP) is 3.39. The number of allylic oxidation sites excluding steroid dienone is 1. The number of ether oxygens (including phenoxy) is 3. The Labute approximate surface area is 215 Å². The number of rotatable bonds is 6. The molecule has 4 rings (SSSR count). The fraction of sp³-hybridized carbons (Fsp3) is 0.231. The van der Waals surface area contributed by atoms with Crippen LogP contribution in [-0.4, -0.2) is 30.2 Å². The molecule has 10 heteroatoms. The molecule has 3 aromatic rings. The lowest BCUT2D eigenvalue weighted by molar-refractivity contribution is -0.139. The molecule has 36 heavy (non-hydrogen) atoms. The van der Waals surface area contributed by atoms with E-state index < -0.39 is 18.0 Å². The smallest absolute Gasteiger partial charge is 0.338 e. The summed E-state index contributed by atoms with van der Waals surface area (Å²) in [6, 6.07) is 11.3. The van der Waals surface area contributed by atoms with Crippen molar-refractivity contribution < 1.29 is 23.8 Å². The van der Waals surface area contributed by atoms with Crippen LogP contribution >= 0.6 is 22.9 Å². The van der Waals surface area contributed by atoms with Gasteiger partial charge in [0.15, 0.2) is 16.3 Å². The maximum Gasteiger partial charge on any atom is 0.338 e. The van der Waals surface area contributed by atoms with Gasteiger partial charge in [0, 0.05) is 11.9 Å². The van der Waals surface area contributed by atoms with Crippen molar-refractivity contribution in [3.63, 3.8) is 0 Å². The Balaban J connectivity index is 1.93. The summed E-state index contributed by atoms with van der Waals surface area (Å²) in [4.78, 5) is 43.1. The first-order valence-corrected chi connectivity index (χ1v) is 12.2. The summed E-state index contributed by atoms with van der Waals surface area (Å²) in [5.74, 6) is -0.427. The number of carbonyl (C=O) groups excluding carboxylic acids is 2. The number of carbonyl (C=O) groups is 2. The van der Waals surface area contributed by atoms with Crippen molar-refractivity contribution in [2.45, 2.75) is 26.8 Å². The van der Waals surface area contributed by atoms with Crippen LogP contribution in [0, 0.1) is 0 Å². The molecule has 2 heterocycles. The van der Waals surface area contributed by atoms with Crippen LogP contribution in [0.1, 0.15) is 37.9 Å². The van der Waals surface area contributed by atoms with Gasteiger partial charge in [-0.05, 0) is 49.2 Å². The largest absolute Gasteiger partial charge is 0.493 e. The molecular formula is C26H23ClN2O6S. The second-order valence-electron chi connectivity index (χ2n) is 7.83. The summed E-state index contributed by atoms with van der Waals surface area (Å²) in [7, 11) is 1.47. The van der Waals surface area contributed by atoms with E-state index in [-0.39, 0.29) is 23.5 Å². The molecule has 0 saturated carbocycles. The van der Waals surface area contributed by atoms with E-state index in [1.54, 1.807) is 62.4 Å². The van der Waals surface area contributed by atoms with Crippen molar-refractivity contribution in [1.82, 2.24) is 4.57 Å². The minimum atomic E-state index is -0.802. The fourth-order valence-corrected chi connectivity index (χ4v) is 5.24. The topological polar surface area (TPSA) is 96.2 Å². The number of esters is 2. The first kappa shape index (κ1) is 25.4.